The van der Waals surface area contributed by atoms with Crippen molar-refractivity contribution in [3.63, 3.8) is 0 Å². The van der Waals surface area contributed by atoms with E-state index < -0.39 is 29.1 Å². The van der Waals surface area contributed by atoms with Crippen LogP contribution in [0.25, 0.3) is 0 Å². The van der Waals surface area contributed by atoms with Gasteiger partial charge in [0.25, 0.3) is 0 Å². The van der Waals surface area contributed by atoms with Crippen molar-refractivity contribution in [1.29, 1.82) is 0 Å². The quantitative estimate of drug-likeness (QED) is 0.437. The molecule has 0 bridgehead atoms. The molecule has 6 rings (SSSR count). The lowest BCUT2D eigenvalue weighted by Gasteiger charge is -2.38. The molecule has 5 aliphatic heterocycles. The molecule has 5 aliphatic rings. The summed E-state index contributed by atoms with van der Waals surface area (Å²) in [6, 6.07) is 8.94. The summed E-state index contributed by atoms with van der Waals surface area (Å²) in [5.74, 6) is -2.14. The van der Waals surface area contributed by atoms with Crippen molar-refractivity contribution in [1.82, 2.24) is 19.6 Å². The summed E-state index contributed by atoms with van der Waals surface area (Å²) in [4.78, 5) is 50.7. The number of rotatable bonds is 9. The van der Waals surface area contributed by atoms with E-state index >= 15 is 0 Å². The highest BCUT2D eigenvalue weighted by molar-refractivity contribution is 6.00. The summed E-state index contributed by atoms with van der Waals surface area (Å²) in [6.07, 6.45) is 8.62. The SMILES string of the molecule is CC[C@@]12C=CCN(Cc3ccccc3)C(=O)[C@@H]1[C@H]1C(=O)N(CCCO)C3C(=O)N(CCN4CCOCC4)CC=C[C@@]31O2. The number of hydrogen-bond acceptors (Lipinski definition) is 7. The number of benzene rings is 1. The van der Waals surface area contributed by atoms with E-state index in [1.807, 2.05) is 66.5 Å². The van der Waals surface area contributed by atoms with Crippen molar-refractivity contribution in [2.75, 3.05) is 65.6 Å². The Kier molecular flexibility index (Phi) is 8.24. The Morgan fingerprint density at radius 1 is 0.881 bits per heavy atom. The molecule has 3 fully saturated rings. The third-order valence-corrected chi connectivity index (χ3v) is 9.67. The van der Waals surface area contributed by atoms with Crippen LogP contribution in [-0.2, 0) is 30.4 Å². The molecule has 1 aromatic rings. The number of ether oxygens (including phenoxy) is 2. The lowest BCUT2D eigenvalue weighted by molar-refractivity contribution is -0.154. The number of carbonyl (C=O) groups excluding carboxylic acids is 3. The molecule has 0 aliphatic carbocycles. The fourth-order valence-electron chi connectivity index (χ4n) is 7.57. The van der Waals surface area contributed by atoms with E-state index in [4.69, 9.17) is 9.47 Å². The Bertz CT molecular complexity index is 1230. The van der Waals surface area contributed by atoms with Crippen molar-refractivity contribution < 1.29 is 29.0 Å². The number of likely N-dealkylation sites (tertiary alicyclic amines) is 1. The maximum Gasteiger partial charge on any atom is 0.249 e. The van der Waals surface area contributed by atoms with Crippen molar-refractivity contribution in [3.05, 3.63) is 60.2 Å². The summed E-state index contributed by atoms with van der Waals surface area (Å²) in [7, 11) is 0. The summed E-state index contributed by atoms with van der Waals surface area (Å²) < 4.78 is 12.5. The molecule has 1 unspecified atom stereocenters. The third kappa shape index (κ3) is 4.88. The lowest BCUT2D eigenvalue weighted by Crippen LogP contribution is -2.57. The molecule has 1 N–H and O–H groups in total. The molecular formula is C32H42N4O6. The highest BCUT2D eigenvalue weighted by Gasteiger charge is 2.75. The average Bonchev–Trinajstić information content (AvgIpc) is 3.31. The predicted molar refractivity (Wildman–Crippen MR) is 155 cm³/mol. The first kappa shape index (κ1) is 29.0. The molecular weight excluding hydrogens is 536 g/mol. The molecule has 226 valence electrons. The van der Waals surface area contributed by atoms with Crippen LogP contribution in [0.1, 0.15) is 25.3 Å². The molecule has 1 aromatic carbocycles. The van der Waals surface area contributed by atoms with Gasteiger partial charge >= 0.3 is 0 Å². The van der Waals surface area contributed by atoms with Gasteiger partial charge in [0.05, 0.1) is 30.7 Å². The summed E-state index contributed by atoms with van der Waals surface area (Å²) in [6.45, 7) is 7.62. The van der Waals surface area contributed by atoms with Gasteiger partial charge < -0.3 is 29.3 Å². The van der Waals surface area contributed by atoms with Gasteiger partial charge in [0, 0.05) is 59.0 Å². The van der Waals surface area contributed by atoms with Gasteiger partial charge in [-0.25, -0.2) is 0 Å². The Morgan fingerprint density at radius 2 is 1.62 bits per heavy atom. The Labute approximate surface area is 247 Å². The highest BCUT2D eigenvalue weighted by atomic mass is 16.5. The summed E-state index contributed by atoms with van der Waals surface area (Å²) >= 11 is 0. The fraction of sp³-hybridized carbons (Fsp3) is 0.594. The summed E-state index contributed by atoms with van der Waals surface area (Å²) in [5, 5.41) is 9.67. The van der Waals surface area contributed by atoms with Crippen molar-refractivity contribution >= 4 is 17.7 Å². The molecule has 0 saturated carbocycles. The van der Waals surface area contributed by atoms with Gasteiger partial charge in [0.1, 0.15) is 11.6 Å². The van der Waals surface area contributed by atoms with Gasteiger partial charge in [0.2, 0.25) is 17.7 Å². The molecule has 42 heavy (non-hydrogen) atoms. The second kappa shape index (κ2) is 11.9. The van der Waals surface area contributed by atoms with Gasteiger partial charge in [-0.3, -0.25) is 19.3 Å². The van der Waals surface area contributed by atoms with E-state index in [0.29, 0.717) is 58.8 Å². The second-order valence-corrected chi connectivity index (χ2v) is 12.0. The lowest BCUT2D eigenvalue weighted by atomic mass is 9.73. The molecule has 0 aromatic heterocycles. The molecule has 3 saturated heterocycles. The smallest absolute Gasteiger partial charge is 0.249 e. The first-order chi connectivity index (χ1) is 20.4. The van der Waals surface area contributed by atoms with Gasteiger partial charge in [0.15, 0.2) is 0 Å². The largest absolute Gasteiger partial charge is 0.396 e. The van der Waals surface area contributed by atoms with E-state index in [-0.39, 0.29) is 30.9 Å². The van der Waals surface area contributed by atoms with Crippen LogP contribution >= 0.6 is 0 Å². The summed E-state index contributed by atoms with van der Waals surface area (Å²) in [5.41, 5.74) is -1.26. The normalized spacial score (nSPS) is 33.0. The van der Waals surface area contributed by atoms with E-state index in [1.54, 1.807) is 9.80 Å². The molecule has 10 heteroatoms. The Balaban J connectivity index is 1.35. The van der Waals surface area contributed by atoms with Gasteiger partial charge in [-0.2, -0.15) is 0 Å². The highest BCUT2D eigenvalue weighted by Crippen LogP contribution is 2.58. The first-order valence-corrected chi connectivity index (χ1v) is 15.3. The Morgan fingerprint density at radius 3 is 2.36 bits per heavy atom. The number of carbonyl (C=O) groups is 3. The van der Waals surface area contributed by atoms with Gasteiger partial charge in [-0.15, -0.1) is 0 Å². The minimum Gasteiger partial charge on any atom is -0.396 e. The van der Waals surface area contributed by atoms with Crippen LogP contribution in [0.5, 0.6) is 0 Å². The molecule has 5 atom stereocenters. The monoisotopic (exact) mass is 578 g/mol. The van der Waals surface area contributed by atoms with Crippen LogP contribution in [0.3, 0.4) is 0 Å². The molecule has 1 spiro atoms. The maximum atomic E-state index is 14.4. The van der Waals surface area contributed by atoms with Crippen LogP contribution in [0, 0.1) is 11.8 Å². The van der Waals surface area contributed by atoms with E-state index in [0.717, 1.165) is 18.7 Å². The topological polar surface area (TPSA) is 103 Å². The first-order valence-electron chi connectivity index (χ1n) is 15.3. The van der Waals surface area contributed by atoms with Crippen LogP contribution < -0.4 is 0 Å². The van der Waals surface area contributed by atoms with Crippen LogP contribution in [0.2, 0.25) is 0 Å². The van der Waals surface area contributed by atoms with Crippen molar-refractivity contribution in [3.8, 4) is 0 Å². The molecule has 0 radical (unpaired) electrons. The van der Waals surface area contributed by atoms with Crippen molar-refractivity contribution in [2.45, 2.75) is 43.6 Å². The number of morpholine rings is 1. The minimum atomic E-state index is -1.27. The van der Waals surface area contributed by atoms with Gasteiger partial charge in [-0.1, -0.05) is 61.6 Å². The van der Waals surface area contributed by atoms with E-state index in [2.05, 4.69) is 4.90 Å². The minimum absolute atomic E-state index is 0.103. The zero-order valence-corrected chi connectivity index (χ0v) is 24.4. The van der Waals surface area contributed by atoms with Gasteiger partial charge in [-0.05, 0) is 18.4 Å². The predicted octanol–water partition coefficient (Wildman–Crippen LogP) is 1.06. The zero-order chi connectivity index (χ0) is 29.3. The standard InChI is InChI=1S/C32H42N4O6/c1-2-31-11-6-14-35(23-24-9-4-3-5-10-24)28(38)25(31)26-29(39)36(15-8-20-37)27-30(40)34(13-7-12-32(26,27)42-31)17-16-33-18-21-41-22-19-33/h3-7,9-12,25-27,37H,2,8,13-23H2,1H3/t25-,26-,27?,31+,32-/m0/s1. The van der Waals surface area contributed by atoms with E-state index in [9.17, 15) is 19.5 Å². The zero-order valence-electron chi connectivity index (χ0n) is 24.4. The van der Waals surface area contributed by atoms with Crippen LogP contribution in [0.15, 0.2) is 54.6 Å². The number of fused-ring (bicyclic) bond motifs is 2. The van der Waals surface area contributed by atoms with Crippen molar-refractivity contribution in [2.24, 2.45) is 11.8 Å². The average molecular weight is 579 g/mol. The molecule has 5 heterocycles. The number of amides is 3. The Hall–Kier alpha value is -3.05. The molecule has 3 amide bonds. The fourth-order valence-corrected chi connectivity index (χ4v) is 7.57. The van der Waals surface area contributed by atoms with Crippen LogP contribution in [-0.4, -0.2) is 125 Å². The third-order valence-electron chi connectivity index (χ3n) is 9.67. The second-order valence-electron chi connectivity index (χ2n) is 12.0. The number of aliphatic hydroxyl groups is 1. The van der Waals surface area contributed by atoms with Crippen LogP contribution in [0.4, 0.5) is 0 Å². The molecule has 10 nitrogen and oxygen atoms in total. The maximum absolute atomic E-state index is 14.4. The van der Waals surface area contributed by atoms with E-state index in [1.165, 1.54) is 0 Å². The number of hydrogen-bond donors (Lipinski definition) is 1. The number of aliphatic hydroxyl groups excluding tert-OH is 1. The number of nitrogens with zero attached hydrogens (tertiary/aromatic N) is 4.